The molecule has 0 spiro atoms. The van der Waals surface area contributed by atoms with Crippen LogP contribution in [0.15, 0.2) is 76.3 Å². The number of amidine groups is 2. The first kappa shape index (κ1) is 22.9. The molecule has 0 fully saturated rings. The molecule has 0 saturated heterocycles. The standard InChI is InChI=1S/C27H25N5O2S/c1-17-8-7-11-22(12-17)34-16-24-30-32-25(28)23(26(33)29-27(32)35-24)14-21-13-18(2)31(19(21)3)15-20-9-5-4-6-10-20/h4-14,28H,15-16H2,1-3H3. The number of fused-ring (bicyclic) bond motifs is 1. The maximum atomic E-state index is 12.8. The van der Waals surface area contributed by atoms with Crippen molar-refractivity contribution in [2.45, 2.75) is 27.3 Å². The van der Waals surface area contributed by atoms with E-state index in [1.165, 1.54) is 22.3 Å². The van der Waals surface area contributed by atoms with E-state index in [9.17, 15) is 4.79 Å². The number of hydrogen-bond acceptors (Lipinski definition) is 5. The molecule has 1 N–H and O–H groups in total. The van der Waals surface area contributed by atoms with Gasteiger partial charge in [-0.25, -0.2) is 0 Å². The number of aliphatic imine (C=N–C) groups is 1. The van der Waals surface area contributed by atoms with Crippen LogP contribution >= 0.6 is 11.8 Å². The maximum Gasteiger partial charge on any atom is 0.283 e. The number of benzene rings is 2. The van der Waals surface area contributed by atoms with Gasteiger partial charge in [0.25, 0.3) is 5.91 Å². The fourth-order valence-corrected chi connectivity index (χ4v) is 4.88. The molecule has 1 aromatic heterocycles. The smallest absolute Gasteiger partial charge is 0.283 e. The first-order valence-electron chi connectivity index (χ1n) is 11.3. The Balaban J connectivity index is 1.36. The van der Waals surface area contributed by atoms with Crippen molar-refractivity contribution in [1.82, 2.24) is 9.58 Å². The van der Waals surface area contributed by atoms with Crippen molar-refractivity contribution in [3.05, 3.63) is 94.3 Å². The second-order valence-electron chi connectivity index (χ2n) is 8.52. The largest absolute Gasteiger partial charge is 0.487 e. The lowest BCUT2D eigenvalue weighted by molar-refractivity contribution is -0.114. The van der Waals surface area contributed by atoms with E-state index in [4.69, 9.17) is 10.1 Å². The van der Waals surface area contributed by atoms with Gasteiger partial charge in [-0.2, -0.15) is 15.1 Å². The second kappa shape index (κ2) is 9.38. The number of nitrogens with one attached hydrogen (secondary N) is 1. The van der Waals surface area contributed by atoms with Crippen LogP contribution in [-0.2, 0) is 11.3 Å². The lowest BCUT2D eigenvalue weighted by Crippen LogP contribution is -2.35. The van der Waals surface area contributed by atoms with Crippen LogP contribution in [0.1, 0.15) is 28.1 Å². The number of carbonyl (C=O) groups excluding carboxylic acids is 1. The van der Waals surface area contributed by atoms with E-state index in [0.717, 1.165) is 34.8 Å². The average Bonchev–Trinajstić information content (AvgIpc) is 3.37. The van der Waals surface area contributed by atoms with E-state index in [-0.39, 0.29) is 18.0 Å². The zero-order chi connectivity index (χ0) is 24.5. The molecule has 5 rings (SSSR count). The average molecular weight is 484 g/mol. The number of aryl methyl sites for hydroxylation is 2. The number of nitrogens with zero attached hydrogens (tertiary/aromatic N) is 4. The summed E-state index contributed by atoms with van der Waals surface area (Å²) in [6.07, 6.45) is 1.75. The van der Waals surface area contributed by atoms with Crippen molar-refractivity contribution in [2.75, 3.05) is 6.61 Å². The van der Waals surface area contributed by atoms with Crippen LogP contribution < -0.4 is 4.74 Å². The molecule has 0 aliphatic carbocycles. The van der Waals surface area contributed by atoms with Crippen molar-refractivity contribution in [2.24, 2.45) is 10.1 Å². The summed E-state index contributed by atoms with van der Waals surface area (Å²) in [6, 6.07) is 20.1. The summed E-state index contributed by atoms with van der Waals surface area (Å²) in [4.78, 5) is 17.0. The Morgan fingerprint density at radius 3 is 2.63 bits per heavy atom. The minimum Gasteiger partial charge on any atom is -0.487 e. The molecule has 0 saturated carbocycles. The van der Waals surface area contributed by atoms with Crippen LogP contribution in [0.4, 0.5) is 0 Å². The van der Waals surface area contributed by atoms with Crippen molar-refractivity contribution in [1.29, 1.82) is 5.41 Å². The number of rotatable bonds is 6. The molecule has 0 radical (unpaired) electrons. The van der Waals surface area contributed by atoms with Crippen LogP contribution in [0.25, 0.3) is 6.08 Å². The third-order valence-electron chi connectivity index (χ3n) is 5.94. The summed E-state index contributed by atoms with van der Waals surface area (Å²) >= 11 is 1.25. The third-order valence-corrected chi connectivity index (χ3v) is 6.83. The Morgan fingerprint density at radius 1 is 1.06 bits per heavy atom. The van der Waals surface area contributed by atoms with Gasteiger partial charge in [0.15, 0.2) is 5.84 Å². The van der Waals surface area contributed by atoms with E-state index >= 15 is 0 Å². The Kier molecular flexibility index (Phi) is 6.13. The molecule has 0 atom stereocenters. The highest BCUT2D eigenvalue weighted by Gasteiger charge is 2.36. The van der Waals surface area contributed by atoms with Crippen molar-refractivity contribution < 1.29 is 9.53 Å². The zero-order valence-corrected chi connectivity index (χ0v) is 20.6. The van der Waals surface area contributed by atoms with Crippen LogP contribution in [-0.4, -0.2) is 38.1 Å². The third kappa shape index (κ3) is 4.70. The van der Waals surface area contributed by atoms with Gasteiger partial charge in [-0.05, 0) is 73.5 Å². The summed E-state index contributed by atoms with van der Waals surface area (Å²) in [5.74, 6) is 0.335. The lowest BCUT2D eigenvalue weighted by atomic mass is 10.1. The Hall–Kier alpha value is -3.91. The maximum absolute atomic E-state index is 12.8. The molecule has 3 aromatic rings. The summed E-state index contributed by atoms with van der Waals surface area (Å²) in [5.41, 5.74) is 5.54. The first-order chi connectivity index (χ1) is 16.9. The normalized spacial score (nSPS) is 16.4. The van der Waals surface area contributed by atoms with E-state index in [2.05, 4.69) is 26.8 Å². The summed E-state index contributed by atoms with van der Waals surface area (Å²) in [5, 5.41) is 15.6. The molecule has 1 amide bonds. The Labute approximate surface area is 208 Å². The van der Waals surface area contributed by atoms with Gasteiger partial charge in [0.2, 0.25) is 5.17 Å². The summed E-state index contributed by atoms with van der Waals surface area (Å²) < 4.78 is 8.04. The summed E-state index contributed by atoms with van der Waals surface area (Å²) in [6.45, 7) is 7.06. The molecular formula is C27H25N5O2S. The van der Waals surface area contributed by atoms with E-state index in [1.807, 2.05) is 69.3 Å². The van der Waals surface area contributed by atoms with Crippen LogP contribution in [0.3, 0.4) is 0 Å². The van der Waals surface area contributed by atoms with Gasteiger partial charge >= 0.3 is 0 Å². The zero-order valence-electron chi connectivity index (χ0n) is 19.8. The molecule has 2 aromatic carbocycles. The van der Waals surface area contributed by atoms with Crippen LogP contribution in [0.2, 0.25) is 0 Å². The predicted molar refractivity (Wildman–Crippen MR) is 141 cm³/mol. The number of hydrogen-bond donors (Lipinski definition) is 1. The molecule has 7 nitrogen and oxygen atoms in total. The molecule has 0 bridgehead atoms. The Morgan fingerprint density at radius 2 is 1.86 bits per heavy atom. The van der Waals surface area contributed by atoms with Crippen molar-refractivity contribution in [3.63, 3.8) is 0 Å². The van der Waals surface area contributed by atoms with Crippen LogP contribution in [0.5, 0.6) is 5.75 Å². The number of amides is 1. The number of aromatic nitrogens is 1. The van der Waals surface area contributed by atoms with Crippen molar-refractivity contribution >= 4 is 39.8 Å². The highest BCUT2D eigenvalue weighted by atomic mass is 32.2. The first-order valence-corrected chi connectivity index (χ1v) is 12.1. The van der Waals surface area contributed by atoms with E-state index in [0.29, 0.717) is 10.2 Å². The predicted octanol–water partition coefficient (Wildman–Crippen LogP) is 5.16. The minimum absolute atomic E-state index is 0.0194. The fraction of sp³-hybridized carbons (Fsp3) is 0.185. The van der Waals surface area contributed by atoms with Gasteiger partial charge in [0.1, 0.15) is 17.4 Å². The molecule has 3 heterocycles. The van der Waals surface area contributed by atoms with E-state index in [1.54, 1.807) is 6.08 Å². The molecule has 2 aliphatic rings. The fourth-order valence-electron chi connectivity index (χ4n) is 4.08. The molecule has 2 aliphatic heterocycles. The molecule has 0 unspecified atom stereocenters. The lowest BCUT2D eigenvalue weighted by Gasteiger charge is -2.20. The van der Waals surface area contributed by atoms with Gasteiger partial charge in [-0.1, -0.05) is 42.5 Å². The van der Waals surface area contributed by atoms with Gasteiger partial charge < -0.3 is 9.30 Å². The van der Waals surface area contributed by atoms with E-state index < -0.39 is 5.91 Å². The van der Waals surface area contributed by atoms with Crippen molar-refractivity contribution in [3.8, 4) is 5.75 Å². The monoisotopic (exact) mass is 483 g/mol. The minimum atomic E-state index is -0.433. The quantitative estimate of drug-likeness (QED) is 0.491. The summed E-state index contributed by atoms with van der Waals surface area (Å²) in [7, 11) is 0. The molecular weight excluding hydrogens is 458 g/mol. The highest BCUT2D eigenvalue weighted by Crippen LogP contribution is 2.29. The van der Waals surface area contributed by atoms with Crippen LogP contribution in [0, 0.1) is 26.2 Å². The number of hydrazone groups is 1. The van der Waals surface area contributed by atoms with Gasteiger partial charge in [-0.3, -0.25) is 10.2 Å². The second-order valence-corrected chi connectivity index (χ2v) is 9.56. The molecule has 35 heavy (non-hydrogen) atoms. The van der Waals surface area contributed by atoms with Gasteiger partial charge in [-0.15, -0.1) is 0 Å². The SMILES string of the molecule is Cc1cccc(OCC2=NN3C(=N)C(=Cc4cc(C)n(Cc5ccccc5)c4C)C(=O)N=C3S2)c1. The topological polar surface area (TPSA) is 83.0 Å². The molecule has 8 heteroatoms. The number of carbonyl (C=O) groups is 1. The highest BCUT2D eigenvalue weighted by molar-refractivity contribution is 8.27. The molecule has 176 valence electrons. The number of ether oxygens (including phenoxy) is 1. The number of thioether (sulfide) groups is 1. The van der Waals surface area contributed by atoms with Gasteiger partial charge in [0, 0.05) is 17.9 Å². The Bertz CT molecular complexity index is 1420. The van der Waals surface area contributed by atoms with Gasteiger partial charge in [0.05, 0.1) is 5.57 Å².